The molecule has 1 saturated heterocycles. The predicted molar refractivity (Wildman–Crippen MR) is 148 cm³/mol. The molecule has 0 saturated carbocycles. The van der Waals surface area contributed by atoms with Crippen molar-refractivity contribution in [3.05, 3.63) is 24.3 Å². The first-order chi connectivity index (χ1) is 17.4. The Labute approximate surface area is 227 Å². The monoisotopic (exact) mass is 555 g/mol. The van der Waals surface area contributed by atoms with Gasteiger partial charge in [0.2, 0.25) is 10.0 Å². The Morgan fingerprint density at radius 1 is 1.30 bits per heavy atom. The molecule has 2 rings (SSSR count). The molecule has 0 radical (unpaired) electrons. The molecule has 1 aliphatic rings. The van der Waals surface area contributed by atoms with Crippen LogP contribution in [-0.4, -0.2) is 110 Å². The fraction of sp³-hybridized carbons (Fsp3) is 0.654. The summed E-state index contributed by atoms with van der Waals surface area (Å²) >= 11 is 1.55. The van der Waals surface area contributed by atoms with Crippen molar-refractivity contribution in [1.82, 2.24) is 14.7 Å². The van der Waals surface area contributed by atoms with E-state index in [-0.39, 0.29) is 11.5 Å². The van der Waals surface area contributed by atoms with Crippen LogP contribution in [0.25, 0.3) is 0 Å². The molecule has 1 unspecified atom stereocenters. The summed E-state index contributed by atoms with van der Waals surface area (Å²) in [5.41, 5.74) is 1.68. The van der Waals surface area contributed by atoms with E-state index in [1.165, 1.54) is 19.2 Å². The standard InChI is InChI=1S/C26H42N4O5S2/c1-7-9-20-35-22-11-13-23(14-12-22)37(33,34)29(6)24(25(31)27-32)26(3,4)36-21-10-17-30(8-2)18-15-28(5)16-19-30/h11-14,24H,8,10,15-21H2,1-6H3,(H-,27,31,32)/p+1. The number of likely N-dealkylation sites (N-methyl/N-ethyl adjacent to an activating group) is 3. The number of thioether (sulfide) groups is 1. The van der Waals surface area contributed by atoms with Crippen LogP contribution in [0, 0.1) is 11.8 Å². The van der Waals surface area contributed by atoms with Crippen molar-refractivity contribution in [2.75, 3.05) is 65.7 Å². The number of quaternary nitrogens is 1. The van der Waals surface area contributed by atoms with Gasteiger partial charge in [0.25, 0.3) is 5.91 Å². The number of hydrogen-bond acceptors (Lipinski definition) is 7. The quantitative estimate of drug-likeness (QED) is 0.127. The Bertz CT molecular complexity index is 1040. The minimum atomic E-state index is -4.03. The molecule has 1 heterocycles. The van der Waals surface area contributed by atoms with Gasteiger partial charge in [0, 0.05) is 31.3 Å². The summed E-state index contributed by atoms with van der Waals surface area (Å²) in [7, 11) is -0.497. The minimum Gasteiger partial charge on any atom is -0.481 e. The number of ether oxygens (including phenoxy) is 1. The van der Waals surface area contributed by atoms with Crippen LogP contribution in [0.2, 0.25) is 0 Å². The highest BCUT2D eigenvalue weighted by Gasteiger charge is 2.44. The van der Waals surface area contributed by atoms with Gasteiger partial charge in [-0.05, 0) is 64.8 Å². The smallest absolute Gasteiger partial charge is 0.263 e. The number of nitrogens with zero attached hydrogens (tertiary/aromatic N) is 3. The highest BCUT2D eigenvalue weighted by molar-refractivity contribution is 8.00. The first-order valence-corrected chi connectivity index (χ1v) is 15.1. The van der Waals surface area contributed by atoms with Crippen molar-refractivity contribution in [3.8, 4) is 17.6 Å². The number of hydrogen-bond donors (Lipinski definition) is 2. The summed E-state index contributed by atoms with van der Waals surface area (Å²) in [4.78, 5) is 15.2. The van der Waals surface area contributed by atoms with Crippen molar-refractivity contribution in [1.29, 1.82) is 0 Å². The van der Waals surface area contributed by atoms with E-state index in [1.807, 2.05) is 13.8 Å². The molecule has 1 amide bonds. The summed E-state index contributed by atoms with van der Waals surface area (Å²) in [6, 6.07) is 4.88. The van der Waals surface area contributed by atoms with Crippen LogP contribution in [0.4, 0.5) is 0 Å². The van der Waals surface area contributed by atoms with Gasteiger partial charge in [-0.25, -0.2) is 13.9 Å². The van der Waals surface area contributed by atoms with E-state index in [1.54, 1.807) is 36.3 Å². The third-order valence-corrected chi connectivity index (χ3v) is 10.5. The molecule has 0 spiro atoms. The highest BCUT2D eigenvalue weighted by atomic mass is 32.2. The fourth-order valence-electron chi connectivity index (χ4n) is 4.69. The maximum atomic E-state index is 13.4. The molecular formula is C26H43N4O5S2+. The van der Waals surface area contributed by atoms with Crippen LogP contribution < -0.4 is 10.2 Å². The SMILES string of the molecule is CC#CCOc1ccc(S(=O)(=O)N(C)C(C(=O)NO)C(C)(C)SCCC[N+]2(CC)CCN(C)CC2)cc1. The zero-order valence-corrected chi connectivity index (χ0v) is 24.6. The van der Waals surface area contributed by atoms with Crippen LogP contribution >= 0.6 is 11.8 Å². The van der Waals surface area contributed by atoms with Crippen molar-refractivity contribution in [3.63, 3.8) is 0 Å². The van der Waals surface area contributed by atoms with Crippen LogP contribution in [-0.2, 0) is 14.8 Å². The summed E-state index contributed by atoms with van der Waals surface area (Å²) in [6.07, 6.45) is 0.958. The van der Waals surface area contributed by atoms with E-state index >= 15 is 0 Å². The Kier molecular flexibility index (Phi) is 11.7. The van der Waals surface area contributed by atoms with Crippen LogP contribution in [0.15, 0.2) is 29.2 Å². The van der Waals surface area contributed by atoms with Gasteiger partial charge in [0.05, 0.1) is 31.1 Å². The zero-order chi connectivity index (χ0) is 27.7. The van der Waals surface area contributed by atoms with Gasteiger partial charge in [-0.15, -0.1) is 5.92 Å². The van der Waals surface area contributed by atoms with E-state index in [2.05, 4.69) is 30.7 Å². The first-order valence-electron chi connectivity index (χ1n) is 12.6. The van der Waals surface area contributed by atoms with E-state index in [9.17, 15) is 18.4 Å². The van der Waals surface area contributed by atoms with Gasteiger partial charge < -0.3 is 9.22 Å². The third-order valence-electron chi connectivity index (χ3n) is 7.20. The summed E-state index contributed by atoms with van der Waals surface area (Å²) in [5.74, 6) is 6.02. The van der Waals surface area contributed by atoms with Crippen molar-refractivity contribution < 1.29 is 27.6 Å². The van der Waals surface area contributed by atoms with Gasteiger partial charge in [-0.1, -0.05) is 5.92 Å². The van der Waals surface area contributed by atoms with E-state index in [0.29, 0.717) is 5.75 Å². The molecule has 37 heavy (non-hydrogen) atoms. The lowest BCUT2D eigenvalue weighted by molar-refractivity contribution is -0.930. The summed E-state index contributed by atoms with van der Waals surface area (Å²) in [5, 5.41) is 9.46. The Hall–Kier alpha value is -1.81. The second-order valence-electron chi connectivity index (χ2n) is 10.0. The van der Waals surface area contributed by atoms with Gasteiger partial charge in [-0.2, -0.15) is 16.1 Å². The van der Waals surface area contributed by atoms with E-state index in [0.717, 1.165) is 60.2 Å². The lowest BCUT2D eigenvalue weighted by Gasteiger charge is -2.44. The second kappa shape index (κ2) is 13.8. The molecule has 1 aromatic carbocycles. The van der Waals surface area contributed by atoms with Gasteiger partial charge in [-0.3, -0.25) is 14.9 Å². The molecule has 0 aromatic heterocycles. The minimum absolute atomic E-state index is 0.0323. The summed E-state index contributed by atoms with van der Waals surface area (Å²) in [6.45, 7) is 14.4. The average Bonchev–Trinajstić information content (AvgIpc) is 2.88. The number of nitrogens with one attached hydrogen (secondary N) is 1. The number of amides is 1. The maximum absolute atomic E-state index is 13.4. The number of rotatable bonds is 13. The maximum Gasteiger partial charge on any atom is 0.263 e. The molecule has 11 heteroatoms. The number of sulfonamides is 1. The van der Waals surface area contributed by atoms with Crippen LogP contribution in [0.5, 0.6) is 5.75 Å². The molecule has 1 aromatic rings. The number of piperazine rings is 1. The largest absolute Gasteiger partial charge is 0.481 e. The van der Waals surface area contributed by atoms with Gasteiger partial charge in [0.15, 0.2) is 0 Å². The Balaban J connectivity index is 2.11. The molecule has 2 N–H and O–H groups in total. The van der Waals surface area contributed by atoms with Crippen molar-refractivity contribution in [2.45, 2.75) is 49.8 Å². The normalized spacial score (nSPS) is 17.1. The Morgan fingerprint density at radius 3 is 2.46 bits per heavy atom. The highest BCUT2D eigenvalue weighted by Crippen LogP contribution is 2.34. The van der Waals surface area contributed by atoms with Crippen LogP contribution in [0.3, 0.4) is 0 Å². The van der Waals surface area contributed by atoms with Crippen molar-refractivity contribution in [2.24, 2.45) is 0 Å². The number of hydroxylamine groups is 1. The molecule has 0 aliphatic carbocycles. The fourth-order valence-corrected chi connectivity index (χ4v) is 7.42. The average molecular weight is 556 g/mol. The van der Waals surface area contributed by atoms with Crippen molar-refractivity contribution >= 4 is 27.7 Å². The predicted octanol–water partition coefficient (Wildman–Crippen LogP) is 2.27. The zero-order valence-electron chi connectivity index (χ0n) is 23.0. The summed E-state index contributed by atoms with van der Waals surface area (Å²) < 4.78 is 33.7. The molecule has 9 nitrogen and oxygen atoms in total. The Morgan fingerprint density at radius 2 is 1.92 bits per heavy atom. The second-order valence-corrected chi connectivity index (χ2v) is 13.8. The van der Waals surface area contributed by atoms with Gasteiger partial charge in [0.1, 0.15) is 18.4 Å². The molecule has 0 bridgehead atoms. The third kappa shape index (κ3) is 8.34. The molecule has 208 valence electrons. The lowest BCUT2D eigenvalue weighted by Crippen LogP contribution is -2.59. The number of carbonyl (C=O) groups is 1. The number of carbonyl (C=O) groups excluding carboxylic acids is 1. The molecular weight excluding hydrogens is 512 g/mol. The van der Waals surface area contributed by atoms with E-state index < -0.39 is 26.7 Å². The molecule has 1 fully saturated rings. The topological polar surface area (TPSA) is 99.2 Å². The first kappa shape index (κ1) is 31.4. The molecule has 1 aliphatic heterocycles. The molecule has 1 atom stereocenters. The van der Waals surface area contributed by atoms with E-state index in [4.69, 9.17) is 4.74 Å². The van der Waals surface area contributed by atoms with Gasteiger partial charge >= 0.3 is 0 Å². The lowest BCUT2D eigenvalue weighted by atomic mass is 10.0. The number of benzene rings is 1. The van der Waals surface area contributed by atoms with Crippen LogP contribution in [0.1, 0.15) is 34.1 Å².